The molecule has 0 bridgehead atoms. The van der Waals surface area contributed by atoms with Crippen LogP contribution in [-0.2, 0) is 6.54 Å². The zero-order valence-corrected chi connectivity index (χ0v) is 13.5. The molecule has 102 valence electrons. The summed E-state index contributed by atoms with van der Waals surface area (Å²) in [7, 11) is 3.22. The summed E-state index contributed by atoms with van der Waals surface area (Å²) in [6, 6.07) is 3.74. The van der Waals surface area contributed by atoms with Crippen molar-refractivity contribution in [3.05, 3.63) is 32.1 Å². The van der Waals surface area contributed by atoms with E-state index in [-0.39, 0.29) is 0 Å². The number of nitrogens with one attached hydrogen (secondary N) is 1. The monoisotopic (exact) mass is 362 g/mol. The highest BCUT2D eigenvalue weighted by molar-refractivity contribution is 9.10. The smallest absolute Gasteiger partial charge is 0.183 e. The Morgan fingerprint density at radius 2 is 2.00 bits per heavy atom. The molecule has 2 aromatic rings. The Labute approximate surface area is 128 Å². The average Bonchev–Trinajstić information content (AvgIpc) is 2.82. The topological polar surface area (TPSA) is 43.4 Å². The fourth-order valence-electron chi connectivity index (χ4n) is 1.54. The number of hydrogen-bond acceptors (Lipinski definition) is 5. The molecule has 0 aliphatic heterocycles. The minimum atomic E-state index is 0.545. The molecule has 0 amide bonds. The molecule has 0 radical (unpaired) electrons. The molecule has 2 rings (SSSR count). The van der Waals surface area contributed by atoms with Crippen molar-refractivity contribution in [2.45, 2.75) is 6.54 Å². The third-order valence-corrected chi connectivity index (χ3v) is 4.22. The summed E-state index contributed by atoms with van der Waals surface area (Å²) >= 11 is 10.7. The van der Waals surface area contributed by atoms with Crippen molar-refractivity contribution < 1.29 is 9.47 Å². The van der Waals surface area contributed by atoms with E-state index in [0.717, 1.165) is 15.0 Å². The van der Waals surface area contributed by atoms with E-state index in [0.29, 0.717) is 22.5 Å². The first kappa shape index (κ1) is 14.4. The van der Waals surface area contributed by atoms with Crippen molar-refractivity contribution in [1.29, 1.82) is 0 Å². The molecule has 4 nitrogen and oxygen atoms in total. The van der Waals surface area contributed by atoms with Gasteiger partial charge in [0.1, 0.15) is 0 Å². The summed E-state index contributed by atoms with van der Waals surface area (Å²) in [6.07, 6.45) is 1.76. The van der Waals surface area contributed by atoms with E-state index in [1.807, 2.05) is 12.1 Å². The Kier molecular flexibility index (Phi) is 4.90. The third-order valence-electron chi connectivity index (χ3n) is 2.45. The average molecular weight is 364 g/mol. The van der Waals surface area contributed by atoms with Crippen LogP contribution in [0.1, 0.15) is 4.88 Å². The van der Waals surface area contributed by atoms with Crippen LogP contribution in [0.4, 0.5) is 5.69 Å². The van der Waals surface area contributed by atoms with Crippen LogP contribution in [0, 0.1) is 0 Å². The minimum Gasteiger partial charge on any atom is -0.493 e. The predicted molar refractivity (Wildman–Crippen MR) is 81.7 cm³/mol. The molecule has 1 aromatic heterocycles. The number of methoxy groups -OCH3 is 2. The second-order valence-electron chi connectivity index (χ2n) is 3.62. The third kappa shape index (κ3) is 3.52. The molecule has 0 unspecified atom stereocenters. The van der Waals surface area contributed by atoms with Gasteiger partial charge in [-0.05, 0) is 15.9 Å². The molecule has 1 aromatic carbocycles. The molecule has 0 aliphatic rings. The van der Waals surface area contributed by atoms with E-state index >= 15 is 0 Å². The first-order valence-corrected chi connectivity index (χ1v) is 7.38. The Balaban J connectivity index is 2.15. The van der Waals surface area contributed by atoms with Gasteiger partial charge in [-0.25, -0.2) is 4.98 Å². The standard InChI is InChI=1S/C12H12BrClN2O2S/c1-17-10-3-8(13)9(4-11(10)18-2)15-5-7-6-16-12(14)19-7/h3-4,6,15H,5H2,1-2H3. The first-order valence-electron chi connectivity index (χ1n) is 5.39. The lowest BCUT2D eigenvalue weighted by Crippen LogP contribution is -2.00. The summed E-state index contributed by atoms with van der Waals surface area (Å²) in [5.41, 5.74) is 0.919. The molecule has 0 aliphatic carbocycles. The highest BCUT2D eigenvalue weighted by Crippen LogP contribution is 2.36. The second kappa shape index (κ2) is 6.45. The number of hydrogen-bond donors (Lipinski definition) is 1. The van der Waals surface area contributed by atoms with Crippen molar-refractivity contribution in [3.8, 4) is 11.5 Å². The molecule has 0 saturated carbocycles. The summed E-state index contributed by atoms with van der Waals surface area (Å²) in [5, 5.41) is 3.30. The van der Waals surface area contributed by atoms with Gasteiger partial charge in [0, 0.05) is 27.7 Å². The number of thiazole rings is 1. The zero-order chi connectivity index (χ0) is 13.8. The predicted octanol–water partition coefficient (Wildman–Crippen LogP) is 4.19. The fraction of sp³-hybridized carbons (Fsp3) is 0.250. The number of benzene rings is 1. The second-order valence-corrected chi connectivity index (χ2v) is 6.17. The SMILES string of the molecule is COc1cc(Br)c(NCc2cnc(Cl)s2)cc1OC. The molecule has 0 spiro atoms. The lowest BCUT2D eigenvalue weighted by atomic mass is 10.2. The van der Waals surface area contributed by atoms with Crippen molar-refractivity contribution in [3.63, 3.8) is 0 Å². The Bertz CT molecular complexity index is 577. The first-order chi connectivity index (χ1) is 9.13. The molecule has 1 heterocycles. The fourth-order valence-corrected chi connectivity index (χ4v) is 2.92. The van der Waals surface area contributed by atoms with E-state index in [1.165, 1.54) is 11.3 Å². The quantitative estimate of drug-likeness (QED) is 0.865. The molecule has 0 atom stereocenters. The maximum absolute atomic E-state index is 5.79. The lowest BCUT2D eigenvalue weighted by molar-refractivity contribution is 0.355. The van der Waals surface area contributed by atoms with Gasteiger partial charge in [-0.3, -0.25) is 0 Å². The number of anilines is 1. The largest absolute Gasteiger partial charge is 0.493 e. The normalized spacial score (nSPS) is 10.3. The van der Waals surface area contributed by atoms with Crippen molar-refractivity contribution in [2.75, 3.05) is 19.5 Å². The number of rotatable bonds is 5. The zero-order valence-electron chi connectivity index (χ0n) is 10.4. The van der Waals surface area contributed by atoms with Crippen LogP contribution in [-0.4, -0.2) is 19.2 Å². The highest BCUT2D eigenvalue weighted by Gasteiger charge is 2.09. The van der Waals surface area contributed by atoms with Gasteiger partial charge in [0.05, 0.1) is 26.5 Å². The van der Waals surface area contributed by atoms with Gasteiger partial charge < -0.3 is 14.8 Å². The van der Waals surface area contributed by atoms with E-state index < -0.39 is 0 Å². The molecule has 0 saturated heterocycles. The van der Waals surface area contributed by atoms with Gasteiger partial charge in [0.15, 0.2) is 16.0 Å². The molecular weight excluding hydrogens is 352 g/mol. The molecule has 1 N–H and O–H groups in total. The lowest BCUT2D eigenvalue weighted by Gasteiger charge is -2.13. The number of ether oxygens (including phenoxy) is 2. The molecule has 19 heavy (non-hydrogen) atoms. The van der Waals surface area contributed by atoms with Gasteiger partial charge >= 0.3 is 0 Å². The van der Waals surface area contributed by atoms with Crippen LogP contribution in [0.15, 0.2) is 22.8 Å². The van der Waals surface area contributed by atoms with E-state index in [1.54, 1.807) is 20.4 Å². The van der Waals surface area contributed by atoms with Crippen molar-refractivity contribution in [1.82, 2.24) is 4.98 Å². The molecule has 7 heteroatoms. The Hall–Kier alpha value is -0.980. The maximum atomic E-state index is 5.79. The van der Waals surface area contributed by atoms with Crippen LogP contribution < -0.4 is 14.8 Å². The van der Waals surface area contributed by atoms with Crippen molar-refractivity contribution in [2.24, 2.45) is 0 Å². The van der Waals surface area contributed by atoms with Gasteiger partial charge in [0.25, 0.3) is 0 Å². The Morgan fingerprint density at radius 1 is 1.32 bits per heavy atom. The van der Waals surface area contributed by atoms with Gasteiger partial charge in [-0.15, -0.1) is 11.3 Å². The van der Waals surface area contributed by atoms with Crippen LogP contribution in [0.2, 0.25) is 4.47 Å². The number of aromatic nitrogens is 1. The van der Waals surface area contributed by atoms with E-state index in [4.69, 9.17) is 21.1 Å². The highest BCUT2D eigenvalue weighted by atomic mass is 79.9. The van der Waals surface area contributed by atoms with Crippen molar-refractivity contribution >= 4 is 44.6 Å². The molecule has 0 fully saturated rings. The molecular formula is C12H12BrClN2O2S. The van der Waals surface area contributed by atoms with Gasteiger partial charge in [-0.1, -0.05) is 11.6 Å². The van der Waals surface area contributed by atoms with E-state index in [2.05, 4.69) is 26.2 Å². The number of halogens is 2. The Morgan fingerprint density at radius 3 is 2.58 bits per heavy atom. The van der Waals surface area contributed by atoms with Crippen LogP contribution >= 0.6 is 38.9 Å². The maximum Gasteiger partial charge on any atom is 0.183 e. The van der Waals surface area contributed by atoms with Gasteiger partial charge in [0.2, 0.25) is 0 Å². The van der Waals surface area contributed by atoms with E-state index in [9.17, 15) is 0 Å². The number of nitrogens with zero attached hydrogens (tertiary/aromatic N) is 1. The van der Waals surface area contributed by atoms with Crippen LogP contribution in [0.25, 0.3) is 0 Å². The summed E-state index contributed by atoms with van der Waals surface area (Å²) in [5.74, 6) is 1.36. The summed E-state index contributed by atoms with van der Waals surface area (Å²) in [6.45, 7) is 0.651. The van der Waals surface area contributed by atoms with Crippen LogP contribution in [0.3, 0.4) is 0 Å². The minimum absolute atomic E-state index is 0.545. The summed E-state index contributed by atoms with van der Waals surface area (Å²) < 4.78 is 11.9. The van der Waals surface area contributed by atoms with Gasteiger partial charge in [-0.2, -0.15) is 0 Å². The summed E-state index contributed by atoms with van der Waals surface area (Å²) in [4.78, 5) is 5.06. The van der Waals surface area contributed by atoms with Crippen LogP contribution in [0.5, 0.6) is 11.5 Å².